The number of hydrogen-bond donors (Lipinski definition) is 1. The van der Waals surface area contributed by atoms with Crippen LogP contribution >= 0.6 is 45.2 Å². The monoisotopic (exact) mass is 716 g/mol. The second-order valence-electron chi connectivity index (χ2n) is 7.97. The number of sulfonamides is 1. The van der Waals surface area contributed by atoms with Gasteiger partial charge in [-0.25, -0.2) is 8.42 Å². The summed E-state index contributed by atoms with van der Waals surface area (Å²) in [7, 11) is -0.390. The molecule has 0 fully saturated rings. The molecule has 0 aliphatic carbocycles. The SMILES string of the molecule is COc1ccc(N(C(C)C)S(=O)(=O)CCCNCCCc2ccc(OC(I)I)cc2)cc1OC. The third-order valence-corrected chi connectivity index (χ3v) is 7.66. The fourth-order valence-electron chi connectivity index (χ4n) is 3.60. The van der Waals surface area contributed by atoms with Gasteiger partial charge in [0.1, 0.15) is 5.75 Å². The minimum absolute atomic E-state index is 0.0720. The number of nitrogens with zero attached hydrogens (tertiary/aromatic N) is 1. The maximum absolute atomic E-state index is 13.1. The van der Waals surface area contributed by atoms with Gasteiger partial charge in [-0.2, -0.15) is 0 Å². The zero-order valence-corrected chi connectivity index (χ0v) is 25.2. The molecule has 0 aliphatic heterocycles. The van der Waals surface area contributed by atoms with Crippen LogP contribution in [-0.2, 0) is 16.4 Å². The highest BCUT2D eigenvalue weighted by atomic mass is 127. The molecule has 190 valence electrons. The number of methoxy groups -OCH3 is 2. The predicted octanol–water partition coefficient (Wildman–Crippen LogP) is 5.39. The molecule has 0 aromatic heterocycles. The maximum atomic E-state index is 13.1. The Kier molecular flexibility index (Phi) is 12.5. The van der Waals surface area contributed by atoms with Gasteiger partial charge in [0, 0.05) is 12.1 Å². The number of halogens is 2. The van der Waals surface area contributed by atoms with Gasteiger partial charge in [-0.15, -0.1) is 0 Å². The van der Waals surface area contributed by atoms with Crippen LogP contribution in [0.1, 0.15) is 32.3 Å². The lowest BCUT2D eigenvalue weighted by Crippen LogP contribution is -2.39. The summed E-state index contributed by atoms with van der Waals surface area (Å²) in [5, 5.41) is 3.36. The summed E-state index contributed by atoms with van der Waals surface area (Å²) in [6.07, 6.45) is 2.49. The molecule has 10 heteroatoms. The highest BCUT2D eigenvalue weighted by Gasteiger charge is 2.26. The molecule has 2 aromatic carbocycles. The molecule has 0 saturated carbocycles. The third-order valence-electron chi connectivity index (χ3n) is 5.11. The molecule has 0 bridgehead atoms. The van der Waals surface area contributed by atoms with Crippen LogP contribution in [0.25, 0.3) is 0 Å². The molecule has 0 heterocycles. The summed E-state index contributed by atoms with van der Waals surface area (Å²) in [5.41, 5.74) is 1.84. The van der Waals surface area contributed by atoms with Crippen LogP contribution in [-0.4, -0.2) is 49.6 Å². The molecule has 2 aromatic rings. The maximum Gasteiger partial charge on any atom is 0.235 e. The van der Waals surface area contributed by atoms with Gasteiger partial charge in [-0.1, -0.05) is 12.1 Å². The fraction of sp³-hybridized carbons (Fsp3) is 0.500. The molecule has 0 amide bonds. The number of anilines is 1. The number of alkyl halides is 2. The van der Waals surface area contributed by atoms with Crippen molar-refractivity contribution in [3.8, 4) is 17.2 Å². The Balaban J connectivity index is 1.80. The normalized spacial score (nSPS) is 11.6. The highest BCUT2D eigenvalue weighted by molar-refractivity contribution is 14.2. The van der Waals surface area contributed by atoms with Crippen molar-refractivity contribution in [2.75, 3.05) is 37.4 Å². The first-order chi connectivity index (χ1) is 16.2. The summed E-state index contributed by atoms with van der Waals surface area (Å²) in [4.78, 5) is 0. The van der Waals surface area contributed by atoms with Crippen molar-refractivity contribution in [3.63, 3.8) is 0 Å². The molecule has 2 rings (SSSR count). The van der Waals surface area contributed by atoms with Crippen LogP contribution in [0.3, 0.4) is 0 Å². The molecule has 0 atom stereocenters. The topological polar surface area (TPSA) is 77.1 Å². The Hall–Kier alpha value is -0.990. The zero-order chi connectivity index (χ0) is 25.1. The van der Waals surface area contributed by atoms with Gasteiger partial charge in [0.15, 0.2) is 13.6 Å². The van der Waals surface area contributed by atoms with E-state index in [-0.39, 0.29) is 13.9 Å². The van der Waals surface area contributed by atoms with Gasteiger partial charge in [0.25, 0.3) is 0 Å². The van der Waals surface area contributed by atoms with Gasteiger partial charge in [-0.05, 0) is 121 Å². The van der Waals surface area contributed by atoms with E-state index in [2.05, 4.69) is 62.6 Å². The van der Waals surface area contributed by atoms with E-state index in [0.29, 0.717) is 30.2 Å². The Morgan fingerprint density at radius 1 is 0.941 bits per heavy atom. The molecule has 1 N–H and O–H groups in total. The summed E-state index contributed by atoms with van der Waals surface area (Å²) in [5.74, 6) is 2.02. The lowest BCUT2D eigenvalue weighted by Gasteiger charge is -2.29. The van der Waals surface area contributed by atoms with Crippen LogP contribution in [0.5, 0.6) is 17.2 Å². The van der Waals surface area contributed by atoms with E-state index in [1.54, 1.807) is 25.3 Å². The van der Waals surface area contributed by atoms with Crippen molar-refractivity contribution >= 4 is 60.9 Å². The molecule has 34 heavy (non-hydrogen) atoms. The quantitative estimate of drug-likeness (QED) is 0.151. The van der Waals surface area contributed by atoms with E-state index in [1.807, 2.05) is 26.0 Å². The molecule has 0 saturated heterocycles. The number of hydrogen-bond acceptors (Lipinski definition) is 6. The molecule has 0 aliphatic rings. The first-order valence-corrected chi connectivity index (χ1v) is 15.3. The van der Waals surface area contributed by atoms with Crippen LogP contribution in [0.2, 0.25) is 0 Å². The lowest BCUT2D eigenvalue weighted by molar-refractivity contribution is 0.355. The van der Waals surface area contributed by atoms with Crippen molar-refractivity contribution in [3.05, 3.63) is 48.0 Å². The molecular weight excluding hydrogens is 682 g/mol. The average molecular weight is 716 g/mol. The van der Waals surface area contributed by atoms with E-state index in [9.17, 15) is 8.42 Å². The second kappa shape index (κ2) is 14.5. The van der Waals surface area contributed by atoms with E-state index < -0.39 is 10.0 Å². The number of nitrogens with one attached hydrogen (secondary N) is 1. The van der Waals surface area contributed by atoms with Crippen molar-refractivity contribution in [1.29, 1.82) is 0 Å². The van der Waals surface area contributed by atoms with Crippen LogP contribution in [0, 0.1) is 0 Å². The summed E-state index contributed by atoms with van der Waals surface area (Å²) < 4.78 is 44.0. The molecule has 0 spiro atoms. The third kappa shape index (κ3) is 9.23. The minimum Gasteiger partial charge on any atom is -0.493 e. The predicted molar refractivity (Wildman–Crippen MR) is 156 cm³/mol. The second-order valence-corrected chi connectivity index (χ2v) is 14.6. The van der Waals surface area contributed by atoms with E-state index in [1.165, 1.54) is 17.0 Å². The van der Waals surface area contributed by atoms with E-state index in [4.69, 9.17) is 14.2 Å². The van der Waals surface area contributed by atoms with E-state index >= 15 is 0 Å². The van der Waals surface area contributed by atoms with Crippen LogP contribution in [0.15, 0.2) is 42.5 Å². The average Bonchev–Trinajstić information content (AvgIpc) is 2.78. The minimum atomic E-state index is -3.48. The zero-order valence-electron chi connectivity index (χ0n) is 20.1. The Morgan fingerprint density at radius 2 is 1.59 bits per heavy atom. The molecular formula is C24H34I2N2O5S. The van der Waals surface area contributed by atoms with Gasteiger partial charge in [0.2, 0.25) is 10.0 Å². The van der Waals surface area contributed by atoms with Crippen molar-refractivity contribution < 1.29 is 22.6 Å². The Bertz CT molecular complexity index is 985. The largest absolute Gasteiger partial charge is 0.493 e. The summed E-state index contributed by atoms with van der Waals surface area (Å²) in [6.45, 7) is 5.22. The number of rotatable bonds is 15. The summed E-state index contributed by atoms with van der Waals surface area (Å²) >= 11 is 4.44. The molecule has 0 radical (unpaired) electrons. The highest BCUT2D eigenvalue weighted by Crippen LogP contribution is 2.33. The fourth-order valence-corrected chi connectivity index (χ4v) is 5.97. The van der Waals surface area contributed by atoms with Gasteiger partial charge >= 0.3 is 0 Å². The van der Waals surface area contributed by atoms with Crippen molar-refractivity contribution in [1.82, 2.24) is 5.32 Å². The van der Waals surface area contributed by atoms with Gasteiger partial charge in [0.05, 0.1) is 25.7 Å². The van der Waals surface area contributed by atoms with Crippen molar-refractivity contribution in [2.45, 2.75) is 41.3 Å². The van der Waals surface area contributed by atoms with Crippen LogP contribution in [0.4, 0.5) is 5.69 Å². The van der Waals surface area contributed by atoms with Crippen LogP contribution < -0.4 is 23.8 Å². The molecule has 0 unspecified atom stereocenters. The summed E-state index contributed by atoms with van der Waals surface area (Å²) in [6, 6.07) is 13.1. The number of ether oxygens (including phenoxy) is 3. The lowest BCUT2D eigenvalue weighted by atomic mass is 10.1. The smallest absolute Gasteiger partial charge is 0.235 e. The Labute approximate surface area is 231 Å². The number of benzene rings is 2. The van der Waals surface area contributed by atoms with E-state index in [0.717, 1.165) is 25.1 Å². The number of aryl methyl sites for hydroxylation is 1. The van der Waals surface area contributed by atoms with Gasteiger partial charge < -0.3 is 19.5 Å². The van der Waals surface area contributed by atoms with Crippen molar-refractivity contribution in [2.24, 2.45) is 0 Å². The first-order valence-electron chi connectivity index (χ1n) is 11.2. The first kappa shape index (κ1) is 29.2. The molecule has 7 nitrogen and oxygen atoms in total. The van der Waals surface area contributed by atoms with Gasteiger partial charge in [-0.3, -0.25) is 4.31 Å². The standard InChI is InChI=1S/C24H34I2N2O5S/c1-18(2)28(20-10-13-22(31-3)23(17-20)32-4)34(29,30)16-6-15-27-14-5-7-19-8-11-21(12-9-19)33-24(25)26/h8-13,17-18,24,27H,5-7,14-16H2,1-4H3. The Morgan fingerprint density at radius 3 is 2.18 bits per heavy atom.